The van der Waals surface area contributed by atoms with Crippen LogP contribution < -0.4 is 5.32 Å². The number of aromatic nitrogens is 3. The molecule has 5 heteroatoms. The predicted molar refractivity (Wildman–Crippen MR) is 62.1 cm³/mol. The fourth-order valence-corrected chi connectivity index (χ4v) is 1.69. The summed E-state index contributed by atoms with van der Waals surface area (Å²) in [5.74, 6) is 0.684. The Morgan fingerprint density at radius 3 is 2.94 bits per heavy atom. The second-order valence-corrected chi connectivity index (χ2v) is 4.33. The van der Waals surface area contributed by atoms with Crippen LogP contribution in [0.5, 0.6) is 0 Å². The zero-order chi connectivity index (χ0) is 11.7. The Kier molecular flexibility index (Phi) is 2.60. The van der Waals surface area contributed by atoms with Crippen LogP contribution in [-0.2, 0) is 6.54 Å². The Labute approximate surface area is 99.3 Å². The van der Waals surface area contributed by atoms with Gasteiger partial charge in [-0.05, 0) is 19.8 Å². The van der Waals surface area contributed by atoms with Crippen LogP contribution in [0.15, 0.2) is 23.0 Å². The van der Waals surface area contributed by atoms with Crippen LogP contribution in [0.1, 0.15) is 24.2 Å². The second-order valence-electron chi connectivity index (χ2n) is 4.33. The summed E-state index contributed by atoms with van der Waals surface area (Å²) in [5, 5.41) is 7.42. The molecule has 88 valence electrons. The molecule has 1 aliphatic rings. The van der Waals surface area contributed by atoms with Crippen molar-refractivity contribution in [1.82, 2.24) is 20.4 Å². The van der Waals surface area contributed by atoms with Crippen molar-refractivity contribution in [2.24, 2.45) is 0 Å². The van der Waals surface area contributed by atoms with Gasteiger partial charge in [0.25, 0.3) is 0 Å². The number of nitrogens with one attached hydrogen (secondary N) is 1. The molecule has 5 nitrogen and oxygen atoms in total. The highest BCUT2D eigenvalue weighted by molar-refractivity contribution is 5.54. The van der Waals surface area contributed by atoms with E-state index in [1.165, 1.54) is 12.8 Å². The van der Waals surface area contributed by atoms with Gasteiger partial charge in [-0.2, -0.15) is 0 Å². The van der Waals surface area contributed by atoms with Gasteiger partial charge in [-0.15, -0.1) is 0 Å². The van der Waals surface area contributed by atoms with Gasteiger partial charge < -0.3 is 9.84 Å². The molecule has 2 aromatic rings. The van der Waals surface area contributed by atoms with Gasteiger partial charge in [-0.25, -0.2) is 4.98 Å². The van der Waals surface area contributed by atoms with Gasteiger partial charge in [-0.1, -0.05) is 5.16 Å². The van der Waals surface area contributed by atoms with Crippen LogP contribution in [-0.4, -0.2) is 21.2 Å². The smallest absolute Gasteiger partial charge is 0.187 e. The van der Waals surface area contributed by atoms with Crippen LogP contribution in [0.2, 0.25) is 0 Å². The Morgan fingerprint density at radius 2 is 2.18 bits per heavy atom. The topological polar surface area (TPSA) is 63.8 Å². The van der Waals surface area contributed by atoms with Crippen LogP contribution in [0.3, 0.4) is 0 Å². The van der Waals surface area contributed by atoms with Crippen molar-refractivity contribution in [1.29, 1.82) is 0 Å². The third kappa shape index (κ3) is 2.34. The lowest BCUT2D eigenvalue weighted by atomic mass is 10.2. The van der Waals surface area contributed by atoms with Crippen LogP contribution in [0.4, 0.5) is 0 Å². The van der Waals surface area contributed by atoms with Crippen molar-refractivity contribution in [3.05, 3.63) is 29.8 Å². The second kappa shape index (κ2) is 4.25. The van der Waals surface area contributed by atoms with E-state index >= 15 is 0 Å². The summed E-state index contributed by atoms with van der Waals surface area (Å²) in [6.45, 7) is 2.67. The van der Waals surface area contributed by atoms with Crippen LogP contribution in [0.25, 0.3) is 11.5 Å². The summed E-state index contributed by atoms with van der Waals surface area (Å²) in [7, 11) is 0. The standard InChI is InChI=1S/C12H14N4O/c1-8-12(14-5-4-13-8)11-6-10(16-17-11)7-15-9-2-3-9/h4-6,9,15H,2-3,7H2,1H3. The third-order valence-corrected chi connectivity index (χ3v) is 2.82. The SMILES string of the molecule is Cc1nccnc1-c1cc(CNC2CC2)no1. The van der Waals surface area contributed by atoms with Gasteiger partial charge in [0.15, 0.2) is 5.76 Å². The minimum atomic E-state index is 0.674. The summed E-state index contributed by atoms with van der Waals surface area (Å²) in [6, 6.07) is 2.60. The van der Waals surface area contributed by atoms with Gasteiger partial charge in [0, 0.05) is 31.0 Å². The summed E-state index contributed by atoms with van der Waals surface area (Å²) in [6.07, 6.45) is 5.87. The molecule has 0 radical (unpaired) electrons. The number of rotatable bonds is 4. The Balaban J connectivity index is 1.77. The molecule has 0 spiro atoms. The van der Waals surface area contributed by atoms with Crippen molar-refractivity contribution in [2.45, 2.75) is 32.4 Å². The van der Waals surface area contributed by atoms with E-state index in [0.29, 0.717) is 11.8 Å². The van der Waals surface area contributed by atoms with Crippen molar-refractivity contribution < 1.29 is 4.52 Å². The molecule has 0 unspecified atom stereocenters. The van der Waals surface area contributed by atoms with E-state index in [4.69, 9.17) is 4.52 Å². The number of aryl methyl sites for hydroxylation is 1. The molecular weight excluding hydrogens is 216 g/mol. The molecule has 1 saturated carbocycles. The molecule has 2 aromatic heterocycles. The van der Waals surface area contributed by atoms with E-state index < -0.39 is 0 Å². The Morgan fingerprint density at radius 1 is 1.35 bits per heavy atom. The normalized spacial score (nSPS) is 15.1. The van der Waals surface area contributed by atoms with Gasteiger partial charge in [0.2, 0.25) is 0 Å². The highest BCUT2D eigenvalue weighted by atomic mass is 16.5. The van der Waals surface area contributed by atoms with Crippen molar-refractivity contribution in [3.63, 3.8) is 0 Å². The zero-order valence-electron chi connectivity index (χ0n) is 9.68. The summed E-state index contributed by atoms with van der Waals surface area (Å²) in [4.78, 5) is 8.44. The van der Waals surface area contributed by atoms with Crippen LogP contribution >= 0.6 is 0 Å². The van der Waals surface area contributed by atoms with Gasteiger partial charge in [0.05, 0.1) is 11.4 Å². The summed E-state index contributed by atoms with van der Waals surface area (Å²) >= 11 is 0. The molecule has 1 fully saturated rings. The summed E-state index contributed by atoms with van der Waals surface area (Å²) < 4.78 is 5.29. The number of hydrogen-bond donors (Lipinski definition) is 1. The molecule has 0 saturated heterocycles. The zero-order valence-corrected chi connectivity index (χ0v) is 9.68. The van der Waals surface area contributed by atoms with E-state index in [0.717, 1.165) is 23.6 Å². The molecule has 0 aromatic carbocycles. The third-order valence-electron chi connectivity index (χ3n) is 2.82. The first-order valence-corrected chi connectivity index (χ1v) is 5.80. The molecule has 1 N–H and O–H groups in total. The molecule has 0 atom stereocenters. The molecule has 3 rings (SSSR count). The quantitative estimate of drug-likeness (QED) is 0.866. The van der Waals surface area contributed by atoms with E-state index in [9.17, 15) is 0 Å². The first-order chi connectivity index (χ1) is 8.33. The Bertz CT molecular complexity index is 519. The van der Waals surface area contributed by atoms with Gasteiger partial charge in [-0.3, -0.25) is 4.98 Å². The lowest BCUT2D eigenvalue weighted by Gasteiger charge is -1.97. The molecule has 0 aliphatic heterocycles. The lowest BCUT2D eigenvalue weighted by molar-refractivity contribution is 0.418. The maximum Gasteiger partial charge on any atom is 0.187 e. The molecule has 17 heavy (non-hydrogen) atoms. The fourth-order valence-electron chi connectivity index (χ4n) is 1.69. The average Bonchev–Trinajstić information content (AvgIpc) is 3.06. The maximum atomic E-state index is 5.29. The highest BCUT2D eigenvalue weighted by Gasteiger charge is 2.21. The number of hydrogen-bond acceptors (Lipinski definition) is 5. The first kappa shape index (κ1) is 10.4. The van der Waals surface area contributed by atoms with Gasteiger partial charge in [0.1, 0.15) is 5.69 Å². The van der Waals surface area contributed by atoms with Crippen molar-refractivity contribution in [2.75, 3.05) is 0 Å². The summed E-state index contributed by atoms with van der Waals surface area (Å²) in [5.41, 5.74) is 2.53. The molecule has 1 aliphatic carbocycles. The van der Waals surface area contributed by atoms with E-state index in [-0.39, 0.29) is 0 Å². The van der Waals surface area contributed by atoms with E-state index in [1.54, 1.807) is 12.4 Å². The van der Waals surface area contributed by atoms with Crippen molar-refractivity contribution >= 4 is 0 Å². The predicted octanol–water partition coefficient (Wildman–Crippen LogP) is 1.69. The van der Waals surface area contributed by atoms with E-state index in [1.807, 2.05) is 13.0 Å². The van der Waals surface area contributed by atoms with Crippen LogP contribution in [0, 0.1) is 6.92 Å². The van der Waals surface area contributed by atoms with Gasteiger partial charge >= 0.3 is 0 Å². The minimum absolute atomic E-state index is 0.674. The maximum absolute atomic E-state index is 5.29. The lowest BCUT2D eigenvalue weighted by Crippen LogP contribution is -2.15. The highest BCUT2D eigenvalue weighted by Crippen LogP contribution is 2.22. The first-order valence-electron chi connectivity index (χ1n) is 5.80. The molecule has 0 bridgehead atoms. The monoisotopic (exact) mass is 230 g/mol. The molecule has 0 amide bonds. The fraction of sp³-hybridized carbons (Fsp3) is 0.417. The van der Waals surface area contributed by atoms with Crippen molar-refractivity contribution in [3.8, 4) is 11.5 Å². The molecule has 2 heterocycles. The molecular formula is C12H14N4O. The average molecular weight is 230 g/mol. The largest absolute Gasteiger partial charge is 0.354 e. The van der Waals surface area contributed by atoms with E-state index in [2.05, 4.69) is 20.4 Å². The minimum Gasteiger partial charge on any atom is -0.354 e. The number of nitrogens with zero attached hydrogens (tertiary/aromatic N) is 3. The Hall–Kier alpha value is -1.75.